The molecule has 0 spiro atoms. The highest BCUT2D eigenvalue weighted by Crippen LogP contribution is 2.29. The van der Waals surface area contributed by atoms with Crippen LogP contribution < -0.4 is 5.32 Å². The van der Waals surface area contributed by atoms with Crippen LogP contribution in [0.1, 0.15) is 39.0 Å². The lowest BCUT2D eigenvalue weighted by Gasteiger charge is -2.28. The van der Waals surface area contributed by atoms with Crippen LogP contribution in [0.5, 0.6) is 0 Å². The molecule has 3 nitrogen and oxygen atoms in total. The molecule has 1 aliphatic heterocycles. The maximum atomic E-state index is 13.2. The number of likely N-dealkylation sites (tertiary alicyclic amines) is 1. The molecule has 0 aromatic rings. The lowest BCUT2D eigenvalue weighted by atomic mass is 10.00. The average Bonchev–Trinajstić information content (AvgIpc) is 2.73. The lowest BCUT2D eigenvalue weighted by molar-refractivity contribution is -0.126. The van der Waals surface area contributed by atoms with E-state index in [1.165, 1.54) is 12.8 Å². The number of alkyl halides is 1. The molecule has 4 heteroatoms. The fourth-order valence-corrected chi connectivity index (χ4v) is 2.90. The standard InChI is InChI=1S/C12H21FN2O/c1-12(5-3-4-6-12)14-11(16)10-7-9(13)8-15(10)2/h9-10H,3-8H2,1-2H3,(H,14,16). The van der Waals surface area contributed by atoms with Gasteiger partial charge in [0, 0.05) is 18.5 Å². The third kappa shape index (κ3) is 2.37. The summed E-state index contributed by atoms with van der Waals surface area (Å²) in [6.07, 6.45) is 3.96. The smallest absolute Gasteiger partial charge is 0.237 e. The zero-order valence-electron chi connectivity index (χ0n) is 10.1. The molecule has 0 bridgehead atoms. The largest absolute Gasteiger partial charge is 0.350 e. The van der Waals surface area contributed by atoms with Gasteiger partial charge in [-0.1, -0.05) is 12.8 Å². The molecule has 0 radical (unpaired) electrons. The number of halogens is 1. The third-order valence-corrected chi connectivity index (χ3v) is 3.93. The zero-order chi connectivity index (χ0) is 11.8. The van der Waals surface area contributed by atoms with E-state index >= 15 is 0 Å². The highest BCUT2D eigenvalue weighted by molar-refractivity contribution is 5.82. The summed E-state index contributed by atoms with van der Waals surface area (Å²) in [7, 11) is 1.82. The second-order valence-corrected chi connectivity index (χ2v) is 5.55. The first-order valence-corrected chi connectivity index (χ1v) is 6.16. The van der Waals surface area contributed by atoms with Gasteiger partial charge in [0.05, 0.1) is 6.04 Å². The maximum absolute atomic E-state index is 13.2. The molecule has 0 aromatic heterocycles. The van der Waals surface area contributed by atoms with Gasteiger partial charge in [-0.05, 0) is 26.8 Å². The molecule has 2 aliphatic rings. The van der Waals surface area contributed by atoms with E-state index in [4.69, 9.17) is 0 Å². The van der Waals surface area contributed by atoms with Gasteiger partial charge in [-0.25, -0.2) is 4.39 Å². The van der Waals surface area contributed by atoms with Crippen LogP contribution in [0, 0.1) is 0 Å². The molecule has 0 aromatic carbocycles. The zero-order valence-corrected chi connectivity index (χ0v) is 10.1. The Morgan fingerprint density at radius 1 is 1.44 bits per heavy atom. The number of carbonyl (C=O) groups excluding carboxylic acids is 1. The normalized spacial score (nSPS) is 34.2. The Kier molecular flexibility index (Phi) is 3.19. The van der Waals surface area contributed by atoms with E-state index in [9.17, 15) is 9.18 Å². The van der Waals surface area contributed by atoms with Crippen LogP contribution in [0.25, 0.3) is 0 Å². The summed E-state index contributed by atoms with van der Waals surface area (Å²) in [4.78, 5) is 13.9. The molecule has 2 fully saturated rings. The second-order valence-electron chi connectivity index (χ2n) is 5.55. The van der Waals surface area contributed by atoms with Gasteiger partial charge >= 0.3 is 0 Å². The Labute approximate surface area is 96.4 Å². The fraction of sp³-hybridized carbons (Fsp3) is 0.917. The fourth-order valence-electron chi connectivity index (χ4n) is 2.90. The monoisotopic (exact) mass is 228 g/mol. The van der Waals surface area contributed by atoms with Gasteiger partial charge in [0.2, 0.25) is 5.91 Å². The SMILES string of the molecule is CN1CC(F)CC1C(=O)NC1(C)CCCC1. The Hall–Kier alpha value is -0.640. The topological polar surface area (TPSA) is 32.3 Å². The molecule has 1 amide bonds. The van der Waals surface area contributed by atoms with Gasteiger partial charge in [0.15, 0.2) is 0 Å². The van der Waals surface area contributed by atoms with Gasteiger partial charge < -0.3 is 5.32 Å². The van der Waals surface area contributed by atoms with E-state index in [1.54, 1.807) is 0 Å². The molecule has 2 rings (SSSR count). The van der Waals surface area contributed by atoms with E-state index in [2.05, 4.69) is 12.2 Å². The molecule has 1 heterocycles. The van der Waals surface area contributed by atoms with Crippen molar-refractivity contribution in [1.82, 2.24) is 10.2 Å². The molecule has 2 atom stereocenters. The average molecular weight is 228 g/mol. The number of hydrogen-bond donors (Lipinski definition) is 1. The van der Waals surface area contributed by atoms with Gasteiger partial charge in [0.25, 0.3) is 0 Å². The maximum Gasteiger partial charge on any atom is 0.237 e. The van der Waals surface area contributed by atoms with E-state index in [0.29, 0.717) is 13.0 Å². The molecule has 2 unspecified atom stereocenters. The van der Waals surface area contributed by atoms with Crippen LogP contribution in [-0.2, 0) is 4.79 Å². The highest BCUT2D eigenvalue weighted by Gasteiger charge is 2.38. The first-order chi connectivity index (χ1) is 7.50. The first-order valence-electron chi connectivity index (χ1n) is 6.16. The van der Waals surface area contributed by atoms with Crippen molar-refractivity contribution in [2.45, 2.75) is 56.8 Å². The van der Waals surface area contributed by atoms with Crippen molar-refractivity contribution in [1.29, 1.82) is 0 Å². The van der Waals surface area contributed by atoms with Crippen LogP contribution in [0.15, 0.2) is 0 Å². The van der Waals surface area contributed by atoms with Crippen molar-refractivity contribution < 1.29 is 9.18 Å². The van der Waals surface area contributed by atoms with Crippen LogP contribution >= 0.6 is 0 Å². The van der Waals surface area contributed by atoms with Crippen LogP contribution in [-0.4, -0.2) is 42.2 Å². The summed E-state index contributed by atoms with van der Waals surface area (Å²) >= 11 is 0. The van der Waals surface area contributed by atoms with Gasteiger partial charge in [-0.2, -0.15) is 0 Å². The summed E-state index contributed by atoms with van der Waals surface area (Å²) in [5.41, 5.74) is -0.0493. The molecule has 1 aliphatic carbocycles. The number of rotatable bonds is 2. The molecule has 16 heavy (non-hydrogen) atoms. The van der Waals surface area contributed by atoms with E-state index in [1.807, 2.05) is 11.9 Å². The number of nitrogens with one attached hydrogen (secondary N) is 1. The number of hydrogen-bond acceptors (Lipinski definition) is 2. The van der Waals surface area contributed by atoms with Crippen molar-refractivity contribution in [3.05, 3.63) is 0 Å². The molecule has 1 N–H and O–H groups in total. The number of likely N-dealkylation sites (N-methyl/N-ethyl adjacent to an activating group) is 1. The number of amides is 1. The first kappa shape index (κ1) is 11.8. The summed E-state index contributed by atoms with van der Waals surface area (Å²) in [5, 5.41) is 3.10. The quantitative estimate of drug-likeness (QED) is 0.776. The van der Waals surface area contributed by atoms with E-state index in [-0.39, 0.29) is 17.5 Å². The molecule has 1 saturated heterocycles. The number of carbonyl (C=O) groups is 1. The Morgan fingerprint density at radius 2 is 2.06 bits per heavy atom. The van der Waals surface area contributed by atoms with Crippen LogP contribution in [0.2, 0.25) is 0 Å². The predicted octanol–water partition coefficient (Wildman–Crippen LogP) is 1.48. The minimum Gasteiger partial charge on any atom is -0.350 e. The van der Waals surface area contributed by atoms with Gasteiger partial charge in [-0.15, -0.1) is 0 Å². The molecule has 92 valence electrons. The van der Waals surface area contributed by atoms with Gasteiger partial charge in [-0.3, -0.25) is 9.69 Å². The summed E-state index contributed by atoms with van der Waals surface area (Å²) in [5.74, 6) is 0.00653. The predicted molar refractivity (Wildman–Crippen MR) is 60.9 cm³/mol. The third-order valence-electron chi connectivity index (χ3n) is 3.93. The molecular weight excluding hydrogens is 207 g/mol. The van der Waals surface area contributed by atoms with Gasteiger partial charge in [0.1, 0.15) is 6.17 Å². The minimum atomic E-state index is -0.850. The van der Waals surface area contributed by atoms with E-state index in [0.717, 1.165) is 12.8 Å². The van der Waals surface area contributed by atoms with Crippen molar-refractivity contribution >= 4 is 5.91 Å². The Bertz CT molecular complexity index is 276. The summed E-state index contributed by atoms with van der Waals surface area (Å²) in [6.45, 7) is 2.48. The molecule has 1 saturated carbocycles. The van der Waals surface area contributed by atoms with Crippen molar-refractivity contribution in [3.63, 3.8) is 0 Å². The van der Waals surface area contributed by atoms with Crippen molar-refractivity contribution in [2.75, 3.05) is 13.6 Å². The Balaban J connectivity index is 1.92. The molecular formula is C12H21FN2O. The minimum absolute atomic E-state index is 0.00653. The van der Waals surface area contributed by atoms with Crippen molar-refractivity contribution in [2.24, 2.45) is 0 Å². The lowest BCUT2D eigenvalue weighted by Crippen LogP contribution is -2.50. The van der Waals surface area contributed by atoms with Crippen LogP contribution in [0.3, 0.4) is 0 Å². The number of nitrogens with zero attached hydrogens (tertiary/aromatic N) is 1. The van der Waals surface area contributed by atoms with Crippen molar-refractivity contribution in [3.8, 4) is 0 Å². The summed E-state index contributed by atoms with van der Waals surface area (Å²) < 4.78 is 13.2. The van der Waals surface area contributed by atoms with E-state index < -0.39 is 6.17 Å². The summed E-state index contributed by atoms with van der Waals surface area (Å²) in [6, 6.07) is -0.271. The Morgan fingerprint density at radius 3 is 2.56 bits per heavy atom. The van der Waals surface area contributed by atoms with Crippen LogP contribution in [0.4, 0.5) is 4.39 Å². The highest BCUT2D eigenvalue weighted by atomic mass is 19.1. The second kappa shape index (κ2) is 4.32.